The van der Waals surface area contributed by atoms with Crippen LogP contribution >= 0.6 is 0 Å². The van der Waals surface area contributed by atoms with Crippen molar-refractivity contribution in [1.82, 2.24) is 21.2 Å². The van der Waals surface area contributed by atoms with E-state index in [0.717, 1.165) is 0 Å². The fraction of sp³-hybridized carbons (Fsp3) is 0.238. The number of hydrogen-bond donors (Lipinski definition) is 3. The number of amides is 2. The van der Waals surface area contributed by atoms with Crippen LogP contribution in [-0.4, -0.2) is 49.1 Å². The lowest BCUT2D eigenvalue weighted by molar-refractivity contribution is -0.119. The van der Waals surface area contributed by atoms with Crippen molar-refractivity contribution in [3.63, 3.8) is 0 Å². The van der Waals surface area contributed by atoms with Crippen molar-refractivity contribution in [2.24, 2.45) is 4.99 Å². The van der Waals surface area contributed by atoms with Gasteiger partial charge in [-0.15, -0.1) is 6.42 Å². The fourth-order valence-electron chi connectivity index (χ4n) is 2.87. The number of carbonyl (C=O) groups is 2. The molecular weight excluding hydrogens is 403 g/mol. The first-order valence-corrected chi connectivity index (χ1v) is 9.41. The molecule has 2 aromatic rings. The summed E-state index contributed by atoms with van der Waals surface area (Å²) in [5.74, 6) is 2.11. The molecule has 0 aliphatic carbocycles. The van der Waals surface area contributed by atoms with Gasteiger partial charge in [-0.2, -0.15) is 0 Å². The number of nitrogens with one attached hydrogen (secondary N) is 3. The van der Waals surface area contributed by atoms with Gasteiger partial charge in [0.15, 0.2) is 5.82 Å². The number of hydrazine groups is 1. The molecule has 1 aliphatic heterocycles. The number of aliphatic imine (C=N–C) groups is 1. The van der Waals surface area contributed by atoms with Gasteiger partial charge in [-0.1, -0.05) is 5.92 Å². The molecule has 0 radical (unpaired) electrons. The summed E-state index contributed by atoms with van der Waals surface area (Å²) >= 11 is 0. The van der Waals surface area contributed by atoms with E-state index in [9.17, 15) is 14.0 Å². The Labute approximate surface area is 178 Å². The average Bonchev–Trinajstić information content (AvgIpc) is 3.13. The molecule has 31 heavy (non-hydrogen) atoms. The smallest absolute Gasteiger partial charge is 0.414 e. The molecule has 1 atom stereocenters. The Morgan fingerprint density at radius 1 is 1.45 bits per heavy atom. The molecule has 3 rings (SSSR count). The zero-order valence-corrected chi connectivity index (χ0v) is 16.8. The second kappa shape index (κ2) is 10.2. The number of pyridine rings is 1. The van der Waals surface area contributed by atoms with Crippen LogP contribution in [0.25, 0.3) is 11.1 Å². The van der Waals surface area contributed by atoms with Crippen molar-refractivity contribution < 1.29 is 18.7 Å². The highest BCUT2D eigenvalue weighted by Gasteiger charge is 2.32. The Kier molecular flexibility index (Phi) is 7.13. The number of carbonyl (C=O) groups excluding carboxylic acids is 2. The second-order valence-electron chi connectivity index (χ2n) is 6.58. The van der Waals surface area contributed by atoms with Gasteiger partial charge in [-0.25, -0.2) is 24.6 Å². The Bertz CT molecular complexity index is 1020. The summed E-state index contributed by atoms with van der Waals surface area (Å²) in [5.41, 5.74) is 6.70. The summed E-state index contributed by atoms with van der Waals surface area (Å²) in [4.78, 5) is 32.7. The second-order valence-corrected chi connectivity index (χ2v) is 6.58. The Hall–Kier alpha value is -3.97. The molecule has 1 aliphatic rings. The topological polar surface area (TPSA) is 108 Å². The predicted octanol–water partition coefficient (Wildman–Crippen LogP) is 1.74. The fourth-order valence-corrected chi connectivity index (χ4v) is 2.87. The van der Waals surface area contributed by atoms with Crippen molar-refractivity contribution in [2.75, 3.05) is 24.5 Å². The molecule has 2 amide bonds. The molecule has 1 aromatic heterocycles. The monoisotopic (exact) mass is 424 g/mol. The van der Waals surface area contributed by atoms with Crippen molar-refractivity contribution in [3.8, 4) is 23.5 Å². The summed E-state index contributed by atoms with van der Waals surface area (Å²) in [6.07, 6.45) is 6.94. The van der Waals surface area contributed by atoms with Crippen molar-refractivity contribution in [1.29, 1.82) is 0 Å². The lowest BCUT2D eigenvalue weighted by Gasteiger charge is -2.14. The van der Waals surface area contributed by atoms with Crippen LogP contribution in [0.15, 0.2) is 41.5 Å². The van der Waals surface area contributed by atoms with Crippen LogP contribution in [0.5, 0.6) is 0 Å². The van der Waals surface area contributed by atoms with E-state index >= 15 is 0 Å². The summed E-state index contributed by atoms with van der Waals surface area (Å²) < 4.78 is 20.0. The van der Waals surface area contributed by atoms with Crippen LogP contribution in [0.2, 0.25) is 0 Å². The van der Waals surface area contributed by atoms with E-state index in [4.69, 9.17) is 11.2 Å². The number of ether oxygens (including phenoxy) is 1. The highest BCUT2D eigenvalue weighted by Crippen LogP contribution is 2.29. The molecule has 1 saturated heterocycles. The van der Waals surface area contributed by atoms with Crippen LogP contribution in [0, 0.1) is 18.2 Å². The van der Waals surface area contributed by atoms with Gasteiger partial charge in [-0.3, -0.25) is 9.69 Å². The molecule has 3 N–H and O–H groups in total. The minimum Gasteiger partial charge on any atom is -0.442 e. The van der Waals surface area contributed by atoms with Gasteiger partial charge in [0.2, 0.25) is 5.91 Å². The number of hydrogen-bond acceptors (Lipinski definition) is 6. The first-order valence-electron chi connectivity index (χ1n) is 9.41. The maximum absolute atomic E-state index is 14.8. The summed E-state index contributed by atoms with van der Waals surface area (Å²) in [5, 5.41) is 2.60. The van der Waals surface area contributed by atoms with E-state index in [0.29, 0.717) is 29.2 Å². The lowest BCUT2D eigenvalue weighted by Crippen LogP contribution is -2.33. The predicted molar refractivity (Wildman–Crippen MR) is 114 cm³/mol. The van der Waals surface area contributed by atoms with E-state index < -0.39 is 18.0 Å². The third kappa shape index (κ3) is 5.77. The first kappa shape index (κ1) is 21.7. The van der Waals surface area contributed by atoms with Crippen LogP contribution in [0.3, 0.4) is 0 Å². The molecule has 9 nitrogen and oxygen atoms in total. The van der Waals surface area contributed by atoms with Crippen LogP contribution in [0.4, 0.5) is 20.7 Å². The van der Waals surface area contributed by atoms with E-state index in [1.54, 1.807) is 24.3 Å². The highest BCUT2D eigenvalue weighted by atomic mass is 19.1. The van der Waals surface area contributed by atoms with Gasteiger partial charge in [0.1, 0.15) is 18.3 Å². The Morgan fingerprint density at radius 2 is 2.29 bits per heavy atom. The molecule has 1 unspecified atom stereocenters. The molecule has 0 bridgehead atoms. The molecular formula is C21H21FN6O3. The molecule has 1 aromatic carbocycles. The third-order valence-electron chi connectivity index (χ3n) is 4.33. The Balaban J connectivity index is 1.66. The van der Waals surface area contributed by atoms with Gasteiger partial charge in [0, 0.05) is 24.2 Å². The number of anilines is 1. The largest absolute Gasteiger partial charge is 0.442 e. The summed E-state index contributed by atoms with van der Waals surface area (Å²) in [6.45, 7) is 2.15. The quantitative estimate of drug-likeness (QED) is 0.196. The number of terminal acetylenes is 1. The van der Waals surface area contributed by atoms with Crippen LogP contribution < -0.4 is 21.1 Å². The molecule has 160 valence electrons. The first-order chi connectivity index (χ1) is 15.0. The summed E-state index contributed by atoms with van der Waals surface area (Å²) in [7, 11) is 0. The molecule has 2 heterocycles. The van der Waals surface area contributed by atoms with E-state index in [-0.39, 0.29) is 19.0 Å². The lowest BCUT2D eigenvalue weighted by atomic mass is 10.1. The minimum absolute atomic E-state index is 0.203. The van der Waals surface area contributed by atoms with Gasteiger partial charge < -0.3 is 15.5 Å². The number of aromatic nitrogens is 1. The van der Waals surface area contributed by atoms with E-state index in [2.05, 4.69) is 32.1 Å². The zero-order valence-electron chi connectivity index (χ0n) is 16.8. The normalized spacial score (nSPS) is 15.6. The molecule has 1 fully saturated rings. The number of cyclic esters (lactones) is 1. The van der Waals surface area contributed by atoms with Gasteiger partial charge in [0.25, 0.3) is 0 Å². The van der Waals surface area contributed by atoms with Gasteiger partial charge in [-0.05, 0) is 30.3 Å². The maximum Gasteiger partial charge on any atom is 0.414 e. The number of halogens is 1. The van der Waals surface area contributed by atoms with E-state index in [1.165, 1.54) is 30.4 Å². The highest BCUT2D eigenvalue weighted by molar-refractivity contribution is 5.90. The molecule has 10 heteroatoms. The SMILES string of the molecule is C#CCNNC=Nc1ccc(-c2ccc(N3CC(CNC(C)=O)OC3=O)cc2F)cn1. The zero-order chi connectivity index (χ0) is 22.2. The van der Waals surface area contributed by atoms with E-state index in [1.807, 2.05) is 0 Å². The van der Waals surface area contributed by atoms with Crippen LogP contribution in [0.1, 0.15) is 6.92 Å². The molecule has 0 saturated carbocycles. The third-order valence-corrected chi connectivity index (χ3v) is 4.33. The Morgan fingerprint density at radius 3 is 2.97 bits per heavy atom. The number of rotatable bonds is 8. The minimum atomic E-state index is -0.586. The molecule has 0 spiro atoms. The average molecular weight is 424 g/mol. The summed E-state index contributed by atoms with van der Waals surface area (Å²) in [6, 6.07) is 7.81. The maximum atomic E-state index is 14.8. The standard InChI is InChI=1S/C21H21FN6O3/c1-3-8-26-27-13-25-20-7-4-15(10-24-20)18-6-5-16(9-19(18)22)28-12-17(31-21(28)30)11-23-14(2)29/h1,4-7,9-10,13,17,26H,8,11-12H2,2H3,(H,23,29)(H,24,25,27). The van der Waals surface area contributed by atoms with Gasteiger partial charge >= 0.3 is 6.09 Å². The van der Waals surface area contributed by atoms with Crippen LogP contribution in [-0.2, 0) is 9.53 Å². The van der Waals surface area contributed by atoms with Crippen molar-refractivity contribution in [2.45, 2.75) is 13.0 Å². The number of benzene rings is 1. The van der Waals surface area contributed by atoms with Crippen molar-refractivity contribution in [3.05, 3.63) is 42.3 Å². The number of nitrogens with zero attached hydrogens (tertiary/aromatic N) is 3. The van der Waals surface area contributed by atoms with Gasteiger partial charge in [0.05, 0.1) is 25.3 Å². The van der Waals surface area contributed by atoms with Crippen molar-refractivity contribution >= 4 is 29.8 Å².